The fraction of sp³-hybridized carbons (Fsp3) is 0.316. The number of aromatic nitrogens is 2. The Morgan fingerprint density at radius 1 is 1.32 bits per heavy atom. The van der Waals surface area contributed by atoms with Gasteiger partial charge in [-0.3, -0.25) is 19.8 Å². The molecule has 31 heavy (non-hydrogen) atoms. The molecule has 0 radical (unpaired) electrons. The van der Waals surface area contributed by atoms with Gasteiger partial charge in [0.1, 0.15) is 16.9 Å². The molecule has 0 saturated carbocycles. The van der Waals surface area contributed by atoms with Crippen LogP contribution in [0.25, 0.3) is 0 Å². The third-order valence-electron chi connectivity index (χ3n) is 4.17. The summed E-state index contributed by atoms with van der Waals surface area (Å²) >= 11 is 7.47. The number of hydrogen-bond acceptors (Lipinski definition) is 9. The summed E-state index contributed by atoms with van der Waals surface area (Å²) in [4.78, 5) is 36.5. The van der Waals surface area contributed by atoms with Gasteiger partial charge in [-0.1, -0.05) is 35.5 Å². The topological polar surface area (TPSA) is 138 Å². The van der Waals surface area contributed by atoms with Crippen LogP contribution in [0.1, 0.15) is 17.8 Å². The quantitative estimate of drug-likeness (QED) is 0.362. The summed E-state index contributed by atoms with van der Waals surface area (Å²) in [7, 11) is 0. The Morgan fingerprint density at radius 3 is 2.87 bits per heavy atom. The second-order valence-electron chi connectivity index (χ2n) is 6.57. The average Bonchev–Trinajstić information content (AvgIpc) is 3.18. The Morgan fingerprint density at radius 2 is 2.13 bits per heavy atom. The lowest BCUT2D eigenvalue weighted by Crippen LogP contribution is -2.26. The van der Waals surface area contributed by atoms with Crippen LogP contribution in [-0.4, -0.2) is 50.6 Å². The van der Waals surface area contributed by atoms with Crippen LogP contribution < -0.4 is 20.9 Å². The van der Waals surface area contributed by atoms with Crippen molar-refractivity contribution >= 4 is 51.9 Å². The first-order valence-corrected chi connectivity index (χ1v) is 10.6. The monoisotopic (exact) mass is 464 g/mol. The number of ether oxygens (including phenoxy) is 1. The molecule has 164 valence electrons. The lowest BCUT2D eigenvalue weighted by atomic mass is 10.2. The van der Waals surface area contributed by atoms with Crippen molar-refractivity contribution in [1.82, 2.24) is 15.4 Å². The minimum atomic E-state index is -0.558. The van der Waals surface area contributed by atoms with Gasteiger partial charge >= 0.3 is 0 Å². The largest absolute Gasteiger partial charge is 0.477 e. The Bertz CT molecular complexity index is 999. The first-order chi connectivity index (χ1) is 14.9. The van der Waals surface area contributed by atoms with E-state index in [1.165, 1.54) is 17.2 Å². The minimum Gasteiger partial charge on any atom is -0.477 e. The minimum absolute atomic E-state index is 0.0213. The summed E-state index contributed by atoms with van der Waals surface area (Å²) < 4.78 is 5.43. The zero-order valence-corrected chi connectivity index (χ0v) is 18.4. The smallest absolute Gasteiger partial charge is 0.246 e. The third-order valence-corrected chi connectivity index (χ3v) is 5.59. The highest BCUT2D eigenvalue weighted by Gasteiger charge is 2.27. The maximum atomic E-state index is 12.6. The standard InChI is InChI=1S/C19H21ClN6O4S/c1-10-4-3-5-12(20)17(10)25-18(28)13-9-21-19(31-13)24-14-8-16(23-11(2)22-14)30-7-6-15(27)26-29/h3-5,8,13,29H,6-7,9H2,1-2H3,(H,25,28)(H,26,27)(H,21,22,23,24). The van der Waals surface area contributed by atoms with E-state index < -0.39 is 11.2 Å². The van der Waals surface area contributed by atoms with Crippen molar-refractivity contribution in [3.8, 4) is 5.88 Å². The van der Waals surface area contributed by atoms with Gasteiger partial charge in [-0.2, -0.15) is 4.98 Å². The number of halogens is 1. The van der Waals surface area contributed by atoms with E-state index in [1.807, 2.05) is 19.1 Å². The van der Waals surface area contributed by atoms with Gasteiger partial charge in [-0.25, -0.2) is 10.5 Å². The molecule has 1 aromatic heterocycles. The van der Waals surface area contributed by atoms with Crippen LogP contribution in [0, 0.1) is 13.8 Å². The average molecular weight is 465 g/mol. The molecule has 1 unspecified atom stereocenters. The van der Waals surface area contributed by atoms with Crippen molar-refractivity contribution in [3.63, 3.8) is 0 Å². The van der Waals surface area contributed by atoms with Crippen LogP contribution in [0.15, 0.2) is 29.3 Å². The van der Waals surface area contributed by atoms with Gasteiger partial charge in [0.05, 0.1) is 30.3 Å². The van der Waals surface area contributed by atoms with Crippen molar-refractivity contribution in [3.05, 3.63) is 40.7 Å². The SMILES string of the molecule is Cc1nc(NC2=NCC(C(=O)Nc3c(C)cccc3Cl)S2)cc(OCCC(=O)NO)n1. The predicted octanol–water partition coefficient (Wildman–Crippen LogP) is 2.54. The van der Waals surface area contributed by atoms with Crippen molar-refractivity contribution in [2.24, 2.45) is 4.99 Å². The van der Waals surface area contributed by atoms with Gasteiger partial charge in [0.25, 0.3) is 0 Å². The third kappa shape index (κ3) is 6.29. The number of carbonyl (C=O) groups excluding carboxylic acids is 2. The number of nitrogens with one attached hydrogen (secondary N) is 3. The van der Waals surface area contributed by atoms with Crippen molar-refractivity contribution in [2.75, 3.05) is 23.8 Å². The van der Waals surface area contributed by atoms with E-state index in [9.17, 15) is 9.59 Å². The second-order valence-corrected chi connectivity index (χ2v) is 8.17. The number of amidine groups is 1. The first kappa shape index (κ1) is 22.8. The van der Waals surface area contributed by atoms with Gasteiger partial charge in [0.15, 0.2) is 5.17 Å². The van der Waals surface area contributed by atoms with Gasteiger partial charge in [0, 0.05) is 6.07 Å². The molecule has 0 spiro atoms. The number of para-hydroxylation sites is 1. The molecular formula is C19H21ClN6O4S. The van der Waals surface area contributed by atoms with E-state index >= 15 is 0 Å². The number of hydroxylamine groups is 1. The van der Waals surface area contributed by atoms with Crippen LogP contribution in [0.2, 0.25) is 5.02 Å². The molecule has 12 heteroatoms. The van der Waals surface area contributed by atoms with Crippen molar-refractivity contribution < 1.29 is 19.5 Å². The van der Waals surface area contributed by atoms with Crippen LogP contribution >= 0.6 is 23.4 Å². The molecule has 1 aromatic carbocycles. The van der Waals surface area contributed by atoms with E-state index in [2.05, 4.69) is 25.6 Å². The molecular weight excluding hydrogens is 444 g/mol. The van der Waals surface area contributed by atoms with Crippen LogP contribution in [0.4, 0.5) is 11.5 Å². The highest BCUT2D eigenvalue weighted by Crippen LogP contribution is 2.28. The lowest BCUT2D eigenvalue weighted by Gasteiger charge is -2.13. The molecule has 2 heterocycles. The molecule has 3 rings (SSSR count). The first-order valence-electron chi connectivity index (χ1n) is 9.31. The van der Waals surface area contributed by atoms with Gasteiger partial charge < -0.3 is 15.4 Å². The normalized spacial score (nSPS) is 15.2. The van der Waals surface area contributed by atoms with Gasteiger partial charge in [-0.05, 0) is 25.5 Å². The summed E-state index contributed by atoms with van der Waals surface area (Å²) in [5, 5.41) is 15.1. The second kappa shape index (κ2) is 10.4. The number of aryl methyl sites for hydroxylation is 2. The molecule has 10 nitrogen and oxygen atoms in total. The van der Waals surface area contributed by atoms with Crippen LogP contribution in [0.3, 0.4) is 0 Å². The Hall–Kier alpha value is -2.89. The molecule has 4 N–H and O–H groups in total. The molecule has 0 saturated heterocycles. The molecule has 1 aliphatic heterocycles. The number of benzene rings is 1. The molecule has 0 fully saturated rings. The summed E-state index contributed by atoms with van der Waals surface area (Å²) in [6.45, 7) is 3.93. The molecule has 0 aliphatic carbocycles. The Balaban J connectivity index is 1.57. The van der Waals surface area contributed by atoms with Crippen LogP contribution in [-0.2, 0) is 9.59 Å². The van der Waals surface area contributed by atoms with Crippen molar-refractivity contribution in [2.45, 2.75) is 25.5 Å². The fourth-order valence-electron chi connectivity index (χ4n) is 2.67. The zero-order valence-electron chi connectivity index (χ0n) is 16.8. The number of rotatable bonds is 7. The highest BCUT2D eigenvalue weighted by atomic mass is 35.5. The van der Waals surface area contributed by atoms with E-state index in [0.29, 0.717) is 34.1 Å². The molecule has 2 aromatic rings. The Kier molecular flexibility index (Phi) is 7.66. The number of amides is 2. The molecule has 0 bridgehead atoms. The van der Waals surface area contributed by atoms with E-state index in [4.69, 9.17) is 21.5 Å². The summed E-state index contributed by atoms with van der Waals surface area (Å²) in [5.74, 6) is 0.429. The Labute approximate surface area is 187 Å². The van der Waals surface area contributed by atoms with E-state index in [1.54, 1.807) is 19.1 Å². The highest BCUT2D eigenvalue weighted by molar-refractivity contribution is 8.15. The number of thioether (sulfide) groups is 1. The van der Waals surface area contributed by atoms with E-state index in [-0.39, 0.29) is 24.8 Å². The number of hydrogen-bond donors (Lipinski definition) is 4. The fourth-order valence-corrected chi connectivity index (χ4v) is 3.83. The number of aliphatic imine (C=N–C) groups is 1. The maximum Gasteiger partial charge on any atom is 0.246 e. The predicted molar refractivity (Wildman–Crippen MR) is 119 cm³/mol. The molecule has 1 atom stereocenters. The van der Waals surface area contributed by atoms with Gasteiger partial charge in [-0.15, -0.1) is 0 Å². The maximum absolute atomic E-state index is 12.6. The molecule has 2 amide bonds. The number of carbonyl (C=O) groups is 2. The number of anilines is 2. The molecule has 1 aliphatic rings. The summed E-state index contributed by atoms with van der Waals surface area (Å²) in [6, 6.07) is 6.99. The summed E-state index contributed by atoms with van der Waals surface area (Å²) in [5.41, 5.74) is 3.01. The van der Waals surface area contributed by atoms with E-state index in [0.717, 1.165) is 5.56 Å². The van der Waals surface area contributed by atoms with Crippen LogP contribution in [0.5, 0.6) is 5.88 Å². The number of nitrogens with zero attached hydrogens (tertiary/aromatic N) is 3. The summed E-state index contributed by atoms with van der Waals surface area (Å²) in [6.07, 6.45) is -0.0213. The lowest BCUT2D eigenvalue weighted by molar-refractivity contribution is -0.129. The van der Waals surface area contributed by atoms with Gasteiger partial charge in [0.2, 0.25) is 17.7 Å². The zero-order chi connectivity index (χ0) is 22.4. The van der Waals surface area contributed by atoms with Crippen molar-refractivity contribution in [1.29, 1.82) is 0 Å².